The lowest BCUT2D eigenvalue weighted by Gasteiger charge is -2.16. The van der Waals surface area contributed by atoms with Crippen LogP contribution in [0.3, 0.4) is 0 Å². The smallest absolute Gasteiger partial charge is 0.0948 e. The van der Waals surface area contributed by atoms with E-state index in [2.05, 4.69) is 36.7 Å². The van der Waals surface area contributed by atoms with Crippen molar-refractivity contribution in [2.24, 2.45) is 12.9 Å². The average molecular weight is 279 g/mol. The molecule has 5 nitrogen and oxygen atoms in total. The van der Waals surface area contributed by atoms with Crippen molar-refractivity contribution in [3.8, 4) is 0 Å². The number of nitrogens with two attached hydrogens (primary N) is 1. The number of thiazole rings is 1. The number of hydrogen-bond acceptors (Lipinski definition) is 5. The van der Waals surface area contributed by atoms with Crippen molar-refractivity contribution >= 4 is 11.3 Å². The molecular weight excluding hydrogens is 258 g/mol. The molecule has 0 fully saturated rings. The monoisotopic (exact) mass is 279 g/mol. The highest BCUT2D eigenvalue weighted by molar-refractivity contribution is 7.09. The highest BCUT2D eigenvalue weighted by Gasteiger charge is 2.20. The second-order valence-electron chi connectivity index (χ2n) is 5.68. The zero-order chi connectivity index (χ0) is 14.0. The summed E-state index contributed by atoms with van der Waals surface area (Å²) in [5.74, 6) is 5.66. The van der Waals surface area contributed by atoms with Crippen LogP contribution in [0.2, 0.25) is 0 Å². The van der Waals surface area contributed by atoms with Crippen LogP contribution in [0.5, 0.6) is 0 Å². The summed E-state index contributed by atoms with van der Waals surface area (Å²) >= 11 is 1.69. The Morgan fingerprint density at radius 1 is 1.47 bits per heavy atom. The lowest BCUT2D eigenvalue weighted by Crippen LogP contribution is -2.31. The van der Waals surface area contributed by atoms with Gasteiger partial charge in [-0.25, -0.2) is 4.98 Å². The van der Waals surface area contributed by atoms with E-state index >= 15 is 0 Å². The van der Waals surface area contributed by atoms with Crippen molar-refractivity contribution in [3.63, 3.8) is 0 Å². The van der Waals surface area contributed by atoms with Crippen molar-refractivity contribution in [1.29, 1.82) is 0 Å². The van der Waals surface area contributed by atoms with E-state index in [9.17, 15) is 0 Å². The number of nitrogens with one attached hydrogen (secondary N) is 1. The number of aromatic nitrogens is 3. The van der Waals surface area contributed by atoms with Crippen LogP contribution in [0.25, 0.3) is 0 Å². The minimum Gasteiger partial charge on any atom is -0.271 e. The summed E-state index contributed by atoms with van der Waals surface area (Å²) in [5.41, 5.74) is 5.14. The zero-order valence-electron chi connectivity index (χ0n) is 11.8. The second kappa shape index (κ2) is 5.40. The van der Waals surface area contributed by atoms with Crippen LogP contribution in [-0.4, -0.2) is 14.8 Å². The Morgan fingerprint density at radius 3 is 2.68 bits per heavy atom. The summed E-state index contributed by atoms with van der Waals surface area (Å²) in [5, 5.41) is 7.40. The van der Waals surface area contributed by atoms with E-state index in [0.29, 0.717) is 0 Å². The van der Waals surface area contributed by atoms with Crippen LogP contribution < -0.4 is 11.3 Å². The average Bonchev–Trinajstić information content (AvgIpc) is 2.94. The quantitative estimate of drug-likeness (QED) is 0.663. The fraction of sp³-hybridized carbons (Fsp3) is 0.538. The summed E-state index contributed by atoms with van der Waals surface area (Å²) in [6.07, 6.45) is 2.55. The molecule has 0 aromatic carbocycles. The molecule has 0 radical (unpaired) electrons. The molecule has 2 aromatic rings. The summed E-state index contributed by atoms with van der Waals surface area (Å²) in [6.45, 7) is 6.52. The van der Waals surface area contributed by atoms with E-state index in [4.69, 9.17) is 10.8 Å². The largest absolute Gasteiger partial charge is 0.271 e. The van der Waals surface area contributed by atoms with Crippen LogP contribution in [0, 0.1) is 0 Å². The maximum absolute atomic E-state index is 5.66. The van der Waals surface area contributed by atoms with Gasteiger partial charge in [-0.2, -0.15) is 5.10 Å². The maximum atomic E-state index is 5.66. The molecule has 0 amide bonds. The van der Waals surface area contributed by atoms with Gasteiger partial charge in [-0.3, -0.25) is 16.0 Å². The highest BCUT2D eigenvalue weighted by Crippen LogP contribution is 2.26. The molecular formula is C13H21N5S. The Morgan fingerprint density at radius 2 is 2.21 bits per heavy atom. The zero-order valence-corrected chi connectivity index (χ0v) is 12.7. The third-order valence-electron chi connectivity index (χ3n) is 3.12. The number of hydrogen-bond donors (Lipinski definition) is 2. The third kappa shape index (κ3) is 3.20. The van der Waals surface area contributed by atoms with Gasteiger partial charge >= 0.3 is 0 Å². The van der Waals surface area contributed by atoms with Gasteiger partial charge < -0.3 is 0 Å². The Hall–Kier alpha value is -1.24. The van der Waals surface area contributed by atoms with Crippen molar-refractivity contribution in [1.82, 2.24) is 20.2 Å². The van der Waals surface area contributed by atoms with Gasteiger partial charge in [0, 0.05) is 30.5 Å². The fourth-order valence-corrected chi connectivity index (χ4v) is 2.97. The molecule has 0 aliphatic carbocycles. The normalized spacial score (nSPS) is 13.7. The molecule has 1 atom stereocenters. The van der Waals surface area contributed by atoms with Gasteiger partial charge in [-0.05, 0) is 6.07 Å². The first kappa shape index (κ1) is 14.2. The van der Waals surface area contributed by atoms with E-state index in [1.165, 1.54) is 0 Å². The van der Waals surface area contributed by atoms with E-state index in [0.717, 1.165) is 22.8 Å². The standard InChI is InChI=1S/C13H21N5S/c1-13(2,3)11-8-19-12(16-11)7-9(17-14)10-5-6-15-18(10)4/h5-6,8-9,17H,7,14H2,1-4H3. The van der Waals surface area contributed by atoms with Crippen LogP contribution in [-0.2, 0) is 18.9 Å². The number of nitrogens with zero attached hydrogens (tertiary/aromatic N) is 3. The number of rotatable bonds is 4. The summed E-state index contributed by atoms with van der Waals surface area (Å²) in [4.78, 5) is 4.70. The summed E-state index contributed by atoms with van der Waals surface area (Å²) < 4.78 is 1.84. The van der Waals surface area contributed by atoms with Gasteiger partial charge in [-0.15, -0.1) is 11.3 Å². The molecule has 19 heavy (non-hydrogen) atoms. The topological polar surface area (TPSA) is 68.8 Å². The van der Waals surface area contributed by atoms with Crippen molar-refractivity contribution in [2.45, 2.75) is 38.6 Å². The predicted octanol–water partition coefficient (Wildman–Crippen LogP) is 1.92. The summed E-state index contributed by atoms with van der Waals surface area (Å²) in [6, 6.07) is 2.01. The molecule has 0 spiro atoms. The first-order valence-electron chi connectivity index (χ1n) is 6.30. The SMILES string of the molecule is Cn1nccc1C(Cc1nc(C(C)(C)C)cs1)NN. The lowest BCUT2D eigenvalue weighted by atomic mass is 9.93. The predicted molar refractivity (Wildman–Crippen MR) is 77.8 cm³/mol. The molecule has 1 unspecified atom stereocenters. The molecule has 0 aliphatic heterocycles. The van der Waals surface area contributed by atoms with Crippen molar-refractivity contribution in [2.75, 3.05) is 0 Å². The lowest BCUT2D eigenvalue weighted by molar-refractivity contribution is 0.504. The minimum atomic E-state index is 0.0338. The Labute approximate surface area is 117 Å². The van der Waals surface area contributed by atoms with Crippen molar-refractivity contribution in [3.05, 3.63) is 34.0 Å². The molecule has 3 N–H and O–H groups in total. The third-order valence-corrected chi connectivity index (χ3v) is 3.99. The van der Waals surface area contributed by atoms with Crippen molar-refractivity contribution < 1.29 is 0 Å². The van der Waals surface area contributed by atoms with Crippen LogP contribution in [0.4, 0.5) is 0 Å². The highest BCUT2D eigenvalue weighted by atomic mass is 32.1. The fourth-order valence-electron chi connectivity index (χ4n) is 1.90. The van der Waals surface area contributed by atoms with E-state index in [1.807, 2.05) is 17.8 Å². The molecule has 0 bridgehead atoms. The minimum absolute atomic E-state index is 0.0338. The first-order chi connectivity index (χ1) is 8.91. The molecule has 2 aromatic heterocycles. The van der Waals surface area contributed by atoms with Gasteiger partial charge in [-0.1, -0.05) is 20.8 Å². The Kier molecular flexibility index (Phi) is 4.03. The van der Waals surface area contributed by atoms with Crippen LogP contribution >= 0.6 is 11.3 Å². The molecule has 104 valence electrons. The van der Waals surface area contributed by atoms with Gasteiger partial charge in [0.1, 0.15) is 0 Å². The first-order valence-corrected chi connectivity index (χ1v) is 7.18. The molecule has 0 aliphatic rings. The summed E-state index contributed by atoms with van der Waals surface area (Å²) in [7, 11) is 1.92. The second-order valence-corrected chi connectivity index (χ2v) is 6.62. The Bertz CT molecular complexity index is 537. The van der Waals surface area contributed by atoms with E-state index in [1.54, 1.807) is 17.5 Å². The molecule has 0 saturated carbocycles. The molecule has 2 heterocycles. The van der Waals surface area contributed by atoms with Gasteiger partial charge in [0.25, 0.3) is 0 Å². The number of hydrazine groups is 1. The van der Waals surface area contributed by atoms with E-state index < -0.39 is 0 Å². The molecule has 2 rings (SSSR count). The van der Waals surface area contributed by atoms with Gasteiger partial charge in [0.15, 0.2) is 0 Å². The van der Waals surface area contributed by atoms with Gasteiger partial charge in [0.2, 0.25) is 0 Å². The van der Waals surface area contributed by atoms with Crippen LogP contribution in [0.15, 0.2) is 17.6 Å². The maximum Gasteiger partial charge on any atom is 0.0948 e. The Balaban J connectivity index is 2.16. The number of aryl methyl sites for hydroxylation is 1. The van der Waals surface area contributed by atoms with Gasteiger partial charge in [0.05, 0.1) is 22.4 Å². The van der Waals surface area contributed by atoms with E-state index in [-0.39, 0.29) is 11.5 Å². The molecule has 0 saturated heterocycles. The molecule has 6 heteroatoms. The van der Waals surface area contributed by atoms with Crippen LogP contribution in [0.1, 0.15) is 43.2 Å².